The smallest absolute Gasteiger partial charge is 0.410 e. The second kappa shape index (κ2) is 10.7. The first-order valence-electron chi connectivity index (χ1n) is 12.9. The number of aromatic nitrogens is 6. The van der Waals surface area contributed by atoms with Crippen molar-refractivity contribution in [1.82, 2.24) is 35.1 Å². The lowest BCUT2D eigenvalue weighted by Crippen LogP contribution is -2.53. The number of carbonyl (C=O) groups is 2. The Morgan fingerprint density at radius 2 is 1.90 bits per heavy atom. The fourth-order valence-corrected chi connectivity index (χ4v) is 4.70. The zero-order chi connectivity index (χ0) is 27.6. The Balaban J connectivity index is 1.51. The van der Waals surface area contributed by atoms with Gasteiger partial charge < -0.3 is 9.64 Å². The highest BCUT2D eigenvalue weighted by molar-refractivity contribution is 6.08. The lowest BCUT2D eigenvalue weighted by molar-refractivity contribution is 0.0196. The summed E-state index contributed by atoms with van der Waals surface area (Å²) in [6.45, 7) is 6.43. The standard InChI is InChI=1S/C28H32N8O3/c1-28(2,3)39-27(38)35-16-6-7-21(17-35)36(25-22(8-5-14-29-25)23-13-15-30-31-23)26(37)20-11-9-19(10-12-20)24-18-34(4)33-32-24/h5,8-15,18,21H,6-7,16-17H2,1-4H3,(H,30,31)/t21-/m1/s1. The number of amides is 2. The topological polar surface area (TPSA) is 122 Å². The molecule has 1 N–H and O–H groups in total. The lowest BCUT2D eigenvalue weighted by Gasteiger charge is -2.39. The van der Waals surface area contributed by atoms with Crippen molar-refractivity contribution in [3.8, 4) is 22.5 Å². The molecule has 4 heterocycles. The molecule has 0 aliphatic carbocycles. The van der Waals surface area contributed by atoms with Crippen LogP contribution < -0.4 is 4.90 Å². The number of H-pyrrole nitrogens is 1. The molecule has 1 atom stereocenters. The second-order valence-electron chi connectivity index (χ2n) is 10.6. The van der Waals surface area contributed by atoms with Gasteiger partial charge in [-0.2, -0.15) is 5.10 Å². The van der Waals surface area contributed by atoms with Crippen LogP contribution in [-0.4, -0.2) is 71.8 Å². The van der Waals surface area contributed by atoms with Crippen LogP contribution in [-0.2, 0) is 11.8 Å². The molecule has 3 aromatic heterocycles. The van der Waals surface area contributed by atoms with Crippen molar-refractivity contribution < 1.29 is 14.3 Å². The molecule has 1 aliphatic rings. The summed E-state index contributed by atoms with van der Waals surface area (Å²) in [5.74, 6) is 0.289. The maximum Gasteiger partial charge on any atom is 0.410 e. The minimum atomic E-state index is -0.612. The predicted molar refractivity (Wildman–Crippen MR) is 146 cm³/mol. The van der Waals surface area contributed by atoms with Gasteiger partial charge in [0, 0.05) is 49.2 Å². The summed E-state index contributed by atoms with van der Waals surface area (Å²) in [5, 5.41) is 15.2. The van der Waals surface area contributed by atoms with Crippen LogP contribution in [0.5, 0.6) is 0 Å². The molecule has 1 aliphatic heterocycles. The number of ether oxygens (including phenoxy) is 1. The highest BCUT2D eigenvalue weighted by atomic mass is 16.6. The van der Waals surface area contributed by atoms with Crippen molar-refractivity contribution in [2.75, 3.05) is 18.0 Å². The highest BCUT2D eigenvalue weighted by Crippen LogP contribution is 2.32. The Labute approximate surface area is 226 Å². The van der Waals surface area contributed by atoms with Crippen LogP contribution in [0.2, 0.25) is 0 Å². The summed E-state index contributed by atoms with van der Waals surface area (Å²) in [6, 6.07) is 12.5. The molecular weight excluding hydrogens is 496 g/mol. The zero-order valence-electron chi connectivity index (χ0n) is 22.5. The van der Waals surface area contributed by atoms with Gasteiger partial charge in [0.2, 0.25) is 0 Å². The molecule has 202 valence electrons. The summed E-state index contributed by atoms with van der Waals surface area (Å²) in [6.07, 6.45) is 6.20. The molecule has 0 bridgehead atoms. The second-order valence-corrected chi connectivity index (χ2v) is 10.6. The molecule has 5 rings (SSSR count). The van der Waals surface area contributed by atoms with Crippen LogP contribution in [0.15, 0.2) is 61.1 Å². The van der Waals surface area contributed by atoms with Crippen LogP contribution in [0.1, 0.15) is 44.0 Å². The number of benzene rings is 1. The fourth-order valence-electron chi connectivity index (χ4n) is 4.70. The van der Waals surface area contributed by atoms with Gasteiger partial charge >= 0.3 is 6.09 Å². The maximum atomic E-state index is 14.2. The molecule has 11 nitrogen and oxygen atoms in total. The van der Waals surface area contributed by atoms with Crippen molar-refractivity contribution in [2.24, 2.45) is 7.05 Å². The van der Waals surface area contributed by atoms with E-state index in [1.165, 1.54) is 0 Å². The van der Waals surface area contributed by atoms with Crippen molar-refractivity contribution in [2.45, 2.75) is 45.3 Å². The van der Waals surface area contributed by atoms with Crippen LogP contribution in [0, 0.1) is 0 Å². The largest absolute Gasteiger partial charge is 0.444 e. The molecule has 1 fully saturated rings. The summed E-state index contributed by atoms with van der Waals surface area (Å²) in [7, 11) is 1.81. The van der Waals surface area contributed by atoms with Crippen molar-refractivity contribution in [1.29, 1.82) is 0 Å². The van der Waals surface area contributed by atoms with Gasteiger partial charge in [-0.25, -0.2) is 9.78 Å². The molecule has 0 radical (unpaired) electrons. The molecule has 0 unspecified atom stereocenters. The van der Waals surface area contributed by atoms with Gasteiger partial charge in [-0.3, -0.25) is 19.5 Å². The first-order valence-corrected chi connectivity index (χ1v) is 12.9. The van der Waals surface area contributed by atoms with Gasteiger partial charge in [-0.15, -0.1) is 5.10 Å². The minimum absolute atomic E-state index is 0.212. The van der Waals surface area contributed by atoms with Gasteiger partial charge in [0.15, 0.2) is 0 Å². The highest BCUT2D eigenvalue weighted by Gasteiger charge is 2.35. The van der Waals surface area contributed by atoms with Crippen LogP contribution in [0.25, 0.3) is 22.5 Å². The summed E-state index contributed by atoms with van der Waals surface area (Å²) in [4.78, 5) is 35.2. The van der Waals surface area contributed by atoms with Gasteiger partial charge in [0.25, 0.3) is 5.91 Å². The number of aryl methyl sites for hydroxylation is 1. The van der Waals surface area contributed by atoms with Gasteiger partial charge in [0.05, 0.1) is 17.9 Å². The Hall–Kier alpha value is -4.54. The summed E-state index contributed by atoms with van der Waals surface area (Å²) < 4.78 is 7.27. The third kappa shape index (κ3) is 5.82. The number of hydrogen-bond donors (Lipinski definition) is 1. The predicted octanol–water partition coefficient (Wildman–Crippen LogP) is 4.31. The lowest BCUT2D eigenvalue weighted by atomic mass is 10.0. The number of piperidine rings is 1. The van der Waals surface area contributed by atoms with E-state index in [-0.39, 0.29) is 18.0 Å². The van der Waals surface area contributed by atoms with Gasteiger partial charge in [-0.05, 0) is 63.9 Å². The normalized spacial score (nSPS) is 15.7. The van der Waals surface area contributed by atoms with Crippen LogP contribution >= 0.6 is 0 Å². The number of nitrogens with one attached hydrogen (secondary N) is 1. The molecule has 11 heteroatoms. The number of anilines is 1. The van der Waals surface area contributed by atoms with E-state index >= 15 is 0 Å². The average molecular weight is 529 g/mol. The first-order chi connectivity index (χ1) is 18.7. The number of hydrogen-bond acceptors (Lipinski definition) is 7. The molecule has 1 aromatic carbocycles. The molecule has 1 saturated heterocycles. The number of carbonyl (C=O) groups excluding carboxylic acids is 2. The van der Waals surface area contributed by atoms with E-state index < -0.39 is 5.60 Å². The van der Waals surface area contributed by atoms with E-state index in [9.17, 15) is 9.59 Å². The van der Waals surface area contributed by atoms with Crippen LogP contribution in [0.3, 0.4) is 0 Å². The van der Waals surface area contributed by atoms with E-state index in [4.69, 9.17) is 4.74 Å². The number of pyridine rings is 1. The molecule has 0 saturated carbocycles. The van der Waals surface area contributed by atoms with Gasteiger partial charge in [0.1, 0.15) is 17.1 Å². The maximum absolute atomic E-state index is 14.2. The Kier molecular flexibility index (Phi) is 7.14. The summed E-state index contributed by atoms with van der Waals surface area (Å²) in [5.41, 5.74) is 2.95. The SMILES string of the molecule is Cn1cc(-c2ccc(C(=O)N(c3ncccc3-c3ccn[nH]3)[C@@H]3CCCN(C(=O)OC(C)(C)C)C3)cc2)nn1. The molecular formula is C28H32N8O3. The molecule has 39 heavy (non-hydrogen) atoms. The fraction of sp³-hybridized carbons (Fsp3) is 0.357. The van der Waals surface area contributed by atoms with Crippen molar-refractivity contribution in [3.63, 3.8) is 0 Å². The molecule has 0 spiro atoms. The molecule has 2 amide bonds. The quantitative estimate of drug-likeness (QED) is 0.409. The number of nitrogens with zero attached hydrogens (tertiary/aromatic N) is 7. The third-order valence-electron chi connectivity index (χ3n) is 6.47. The Bertz CT molecular complexity index is 1440. The minimum Gasteiger partial charge on any atom is -0.444 e. The van der Waals surface area contributed by atoms with Crippen molar-refractivity contribution in [3.05, 3.63) is 66.6 Å². The van der Waals surface area contributed by atoms with E-state index in [0.29, 0.717) is 30.9 Å². The number of likely N-dealkylation sites (tertiary alicyclic amines) is 1. The van der Waals surface area contributed by atoms with E-state index in [2.05, 4.69) is 25.5 Å². The van der Waals surface area contributed by atoms with Crippen molar-refractivity contribution >= 4 is 17.8 Å². The first kappa shape index (κ1) is 26.1. The zero-order valence-corrected chi connectivity index (χ0v) is 22.5. The third-order valence-corrected chi connectivity index (χ3v) is 6.47. The van der Waals surface area contributed by atoms with E-state index in [1.807, 2.05) is 57.3 Å². The summed E-state index contributed by atoms with van der Waals surface area (Å²) >= 11 is 0. The Morgan fingerprint density at radius 1 is 1.10 bits per heavy atom. The average Bonchev–Trinajstić information content (AvgIpc) is 3.61. The number of rotatable bonds is 5. The molecule has 4 aromatic rings. The van der Waals surface area contributed by atoms with Gasteiger partial charge in [-0.1, -0.05) is 17.3 Å². The number of aromatic amines is 1. The van der Waals surface area contributed by atoms with E-state index in [1.54, 1.807) is 46.1 Å². The Morgan fingerprint density at radius 3 is 2.56 bits per heavy atom. The monoisotopic (exact) mass is 528 g/mol. The van der Waals surface area contributed by atoms with E-state index in [0.717, 1.165) is 28.9 Å². The van der Waals surface area contributed by atoms with Crippen LogP contribution in [0.4, 0.5) is 10.6 Å².